The van der Waals surface area contributed by atoms with Crippen molar-refractivity contribution in [2.24, 2.45) is 0 Å². The molecule has 2 amide bonds. The predicted octanol–water partition coefficient (Wildman–Crippen LogP) is 0.393. The zero-order valence-corrected chi connectivity index (χ0v) is 12.9. The van der Waals surface area contributed by atoms with E-state index in [1.54, 1.807) is 18.2 Å². The molecule has 1 aliphatic heterocycles. The van der Waals surface area contributed by atoms with Crippen LogP contribution in [0.15, 0.2) is 24.3 Å². The lowest BCUT2D eigenvalue weighted by Gasteiger charge is -2.14. The smallest absolute Gasteiger partial charge is 0.315 e. The first kappa shape index (κ1) is 16.3. The molecule has 1 aromatic rings. The minimum atomic E-state index is -3.12. The summed E-state index contributed by atoms with van der Waals surface area (Å²) in [6.07, 6.45) is 0.643. The molecular formula is C14H18N4O3S. The monoisotopic (exact) mass is 322 g/mol. The van der Waals surface area contributed by atoms with Gasteiger partial charge in [0.1, 0.15) is 0 Å². The van der Waals surface area contributed by atoms with E-state index in [4.69, 9.17) is 5.26 Å². The van der Waals surface area contributed by atoms with Gasteiger partial charge in [0, 0.05) is 26.2 Å². The lowest BCUT2D eigenvalue weighted by molar-refractivity contribution is 0.239. The van der Waals surface area contributed by atoms with Crippen molar-refractivity contribution in [1.29, 1.82) is 5.26 Å². The molecule has 118 valence electrons. The van der Waals surface area contributed by atoms with Gasteiger partial charge in [0.15, 0.2) is 0 Å². The van der Waals surface area contributed by atoms with Crippen molar-refractivity contribution in [3.05, 3.63) is 35.4 Å². The summed E-state index contributed by atoms with van der Waals surface area (Å²) in [7, 11) is -3.12. The molecule has 1 saturated heterocycles. The van der Waals surface area contributed by atoms with Crippen LogP contribution in [-0.4, -0.2) is 44.1 Å². The number of nitriles is 1. The number of benzene rings is 1. The number of rotatable bonds is 5. The lowest BCUT2D eigenvalue weighted by Crippen LogP contribution is -2.40. The quantitative estimate of drug-likeness (QED) is 0.818. The van der Waals surface area contributed by atoms with Crippen molar-refractivity contribution < 1.29 is 13.2 Å². The second-order valence-corrected chi connectivity index (χ2v) is 7.08. The van der Waals surface area contributed by atoms with Crippen LogP contribution >= 0.6 is 0 Å². The van der Waals surface area contributed by atoms with Gasteiger partial charge in [-0.15, -0.1) is 0 Å². The molecule has 2 N–H and O–H groups in total. The Hall–Kier alpha value is -2.11. The molecule has 1 aromatic carbocycles. The second kappa shape index (κ2) is 7.24. The number of nitrogens with zero attached hydrogens (tertiary/aromatic N) is 2. The molecule has 2 rings (SSSR count). The molecule has 0 spiro atoms. The van der Waals surface area contributed by atoms with Crippen molar-refractivity contribution in [3.8, 4) is 6.07 Å². The first-order valence-electron chi connectivity index (χ1n) is 7.00. The predicted molar refractivity (Wildman–Crippen MR) is 81.4 cm³/mol. The van der Waals surface area contributed by atoms with Crippen LogP contribution in [0.5, 0.6) is 0 Å². The van der Waals surface area contributed by atoms with E-state index in [1.807, 2.05) is 12.1 Å². The Labute approximate surface area is 130 Å². The van der Waals surface area contributed by atoms with Crippen LogP contribution in [0, 0.1) is 11.3 Å². The van der Waals surface area contributed by atoms with Crippen LogP contribution in [0.4, 0.5) is 4.79 Å². The Kier molecular flexibility index (Phi) is 5.35. The minimum absolute atomic E-state index is 0.189. The van der Waals surface area contributed by atoms with Crippen molar-refractivity contribution >= 4 is 16.1 Å². The van der Waals surface area contributed by atoms with Crippen molar-refractivity contribution in [2.45, 2.75) is 13.0 Å². The summed E-state index contributed by atoms with van der Waals surface area (Å²) in [5.41, 5.74) is 1.37. The van der Waals surface area contributed by atoms with Crippen LogP contribution in [0.3, 0.4) is 0 Å². The number of hydrogen-bond donors (Lipinski definition) is 2. The zero-order chi connectivity index (χ0) is 16.0. The maximum Gasteiger partial charge on any atom is 0.315 e. The molecule has 0 bridgehead atoms. The number of nitrogens with one attached hydrogen (secondary N) is 2. The van der Waals surface area contributed by atoms with E-state index in [9.17, 15) is 13.2 Å². The summed E-state index contributed by atoms with van der Waals surface area (Å²) in [4.78, 5) is 11.7. The van der Waals surface area contributed by atoms with Gasteiger partial charge in [0.2, 0.25) is 10.0 Å². The van der Waals surface area contributed by atoms with Crippen molar-refractivity contribution in [1.82, 2.24) is 14.9 Å². The number of urea groups is 1. The highest BCUT2D eigenvalue weighted by molar-refractivity contribution is 7.89. The molecule has 0 aromatic heterocycles. The average molecular weight is 322 g/mol. The van der Waals surface area contributed by atoms with Gasteiger partial charge in [-0.3, -0.25) is 0 Å². The van der Waals surface area contributed by atoms with Gasteiger partial charge in [0.05, 0.1) is 17.4 Å². The summed E-state index contributed by atoms with van der Waals surface area (Å²) >= 11 is 0. The molecule has 1 fully saturated rings. The Bertz CT molecular complexity index is 682. The maximum absolute atomic E-state index is 11.7. The topological polar surface area (TPSA) is 102 Å². The van der Waals surface area contributed by atoms with E-state index in [0.717, 1.165) is 5.56 Å². The Morgan fingerprint density at radius 1 is 1.36 bits per heavy atom. The fraction of sp³-hybridized carbons (Fsp3) is 0.429. The third-order valence-electron chi connectivity index (χ3n) is 3.36. The largest absolute Gasteiger partial charge is 0.337 e. The molecule has 7 nitrogen and oxygen atoms in total. The third kappa shape index (κ3) is 4.44. The number of carbonyl (C=O) groups is 1. The van der Waals surface area contributed by atoms with Gasteiger partial charge in [-0.2, -0.15) is 5.26 Å². The third-order valence-corrected chi connectivity index (χ3v) is 5.32. The molecule has 22 heavy (non-hydrogen) atoms. The SMILES string of the molecule is N#Cc1cccc(CNC(=O)NCCN2CCCS2(=O)=O)c1. The Morgan fingerprint density at radius 3 is 2.86 bits per heavy atom. The molecule has 0 atom stereocenters. The molecule has 0 unspecified atom stereocenters. The Balaban J connectivity index is 1.71. The van der Waals surface area contributed by atoms with Gasteiger partial charge in [-0.25, -0.2) is 17.5 Å². The van der Waals surface area contributed by atoms with Crippen LogP contribution in [0.1, 0.15) is 17.5 Å². The summed E-state index contributed by atoms with van der Waals surface area (Å²) in [6.45, 7) is 1.39. The number of sulfonamides is 1. The van der Waals surface area contributed by atoms with E-state index in [1.165, 1.54) is 4.31 Å². The normalized spacial score (nSPS) is 16.9. The summed E-state index contributed by atoms with van der Waals surface area (Å²) < 4.78 is 24.6. The molecular weight excluding hydrogens is 304 g/mol. The fourth-order valence-electron chi connectivity index (χ4n) is 2.23. The van der Waals surface area contributed by atoms with Gasteiger partial charge in [-0.1, -0.05) is 12.1 Å². The van der Waals surface area contributed by atoms with Gasteiger partial charge in [0.25, 0.3) is 0 Å². The lowest BCUT2D eigenvalue weighted by atomic mass is 10.1. The molecule has 0 radical (unpaired) electrons. The highest BCUT2D eigenvalue weighted by Crippen LogP contribution is 2.11. The molecule has 1 aliphatic rings. The highest BCUT2D eigenvalue weighted by atomic mass is 32.2. The maximum atomic E-state index is 11.7. The van der Waals surface area contributed by atoms with Gasteiger partial charge in [-0.05, 0) is 24.1 Å². The zero-order valence-electron chi connectivity index (χ0n) is 12.1. The number of carbonyl (C=O) groups excluding carboxylic acids is 1. The van der Waals surface area contributed by atoms with E-state index in [0.29, 0.717) is 31.6 Å². The van der Waals surface area contributed by atoms with Crippen LogP contribution in [-0.2, 0) is 16.6 Å². The van der Waals surface area contributed by atoms with E-state index < -0.39 is 10.0 Å². The van der Waals surface area contributed by atoms with Crippen molar-refractivity contribution in [2.75, 3.05) is 25.4 Å². The first-order chi connectivity index (χ1) is 10.5. The van der Waals surface area contributed by atoms with Gasteiger partial charge < -0.3 is 10.6 Å². The molecule has 8 heteroatoms. The van der Waals surface area contributed by atoms with Crippen LogP contribution in [0.2, 0.25) is 0 Å². The fourth-order valence-corrected chi connectivity index (χ4v) is 3.76. The van der Waals surface area contributed by atoms with E-state index in [-0.39, 0.29) is 18.3 Å². The summed E-state index contributed by atoms with van der Waals surface area (Å²) in [5.74, 6) is 0.189. The van der Waals surface area contributed by atoms with E-state index in [2.05, 4.69) is 10.6 Å². The number of hydrogen-bond acceptors (Lipinski definition) is 4. The Morgan fingerprint density at radius 2 is 2.18 bits per heavy atom. The van der Waals surface area contributed by atoms with E-state index >= 15 is 0 Å². The second-order valence-electron chi connectivity index (χ2n) is 4.99. The van der Waals surface area contributed by atoms with Crippen molar-refractivity contribution in [3.63, 3.8) is 0 Å². The number of amides is 2. The molecule has 1 heterocycles. The highest BCUT2D eigenvalue weighted by Gasteiger charge is 2.27. The standard InChI is InChI=1S/C14H18N4O3S/c15-10-12-3-1-4-13(9-12)11-17-14(19)16-5-7-18-6-2-8-22(18,20)21/h1,3-4,9H,2,5-8,11H2,(H2,16,17,19). The van der Waals surface area contributed by atoms with Crippen LogP contribution < -0.4 is 10.6 Å². The molecule has 0 saturated carbocycles. The summed E-state index contributed by atoms with van der Waals surface area (Å²) in [5, 5.41) is 14.1. The minimum Gasteiger partial charge on any atom is -0.337 e. The first-order valence-corrected chi connectivity index (χ1v) is 8.61. The summed E-state index contributed by atoms with van der Waals surface area (Å²) in [6, 6.07) is 8.65. The van der Waals surface area contributed by atoms with Crippen LogP contribution in [0.25, 0.3) is 0 Å². The average Bonchev–Trinajstić information content (AvgIpc) is 2.84. The van der Waals surface area contributed by atoms with Gasteiger partial charge >= 0.3 is 6.03 Å². The molecule has 0 aliphatic carbocycles.